The first-order chi connectivity index (χ1) is 6.36. The molecule has 5 heteroatoms. The molecule has 0 rings (SSSR count). The number of carbonyl (C=O) groups excluding carboxylic acids is 2. The van der Waals surface area contributed by atoms with E-state index in [0.717, 1.165) is 14.0 Å². The Hall–Kier alpha value is -1.23. The summed E-state index contributed by atoms with van der Waals surface area (Å²) in [6, 6.07) is 0. The fraction of sp³-hybridized carbons (Fsp3) is 0.667. The van der Waals surface area contributed by atoms with Gasteiger partial charge in [0.1, 0.15) is 11.6 Å². The molecule has 0 spiro atoms. The van der Waals surface area contributed by atoms with Gasteiger partial charge >= 0.3 is 0 Å². The van der Waals surface area contributed by atoms with Gasteiger partial charge in [-0.05, 0) is 13.8 Å². The van der Waals surface area contributed by atoms with Crippen LogP contribution in [0.1, 0.15) is 33.6 Å². The second-order valence-electron chi connectivity index (χ2n) is 2.42. The van der Waals surface area contributed by atoms with E-state index >= 15 is 0 Å². The molecule has 0 aromatic heterocycles. The summed E-state index contributed by atoms with van der Waals surface area (Å²) in [5.74, 6) is -0.666. The molecule has 0 aliphatic carbocycles. The van der Waals surface area contributed by atoms with E-state index in [-0.39, 0.29) is 11.6 Å². The van der Waals surface area contributed by atoms with Gasteiger partial charge in [0.2, 0.25) is 0 Å². The van der Waals surface area contributed by atoms with E-state index < -0.39 is 5.97 Å². The fourth-order valence-electron chi connectivity index (χ4n) is 0.352. The number of Topliss-reactive ketones (excluding diaryl/α,β-unsaturated/α-hetero) is 2. The summed E-state index contributed by atoms with van der Waals surface area (Å²) in [6.07, 6.45) is 0.796. The molecular weight excluding hydrogens is 188 g/mol. The molecule has 2 N–H and O–H groups in total. The van der Waals surface area contributed by atoms with Crippen molar-refractivity contribution in [3.05, 3.63) is 0 Å². The van der Waals surface area contributed by atoms with E-state index in [1.54, 1.807) is 0 Å². The zero-order chi connectivity index (χ0) is 12.1. The summed E-state index contributed by atoms with van der Waals surface area (Å²) in [6.45, 7) is 4.06. The standard InChI is InChI=1S/C6H10O2.C2H4O2.CH4O/c1-5(7)3-4-6(2)8;1-2(3)4;1-2/h3-4H2,1-2H3;1H3,(H,3,4);2H,1H3. The summed E-state index contributed by atoms with van der Waals surface area (Å²) < 4.78 is 0. The number of ketones is 2. The SMILES string of the molecule is CC(=O)CCC(C)=O.CC(=O)O.CO. The van der Waals surface area contributed by atoms with Crippen molar-refractivity contribution in [2.24, 2.45) is 0 Å². The van der Waals surface area contributed by atoms with Crippen LogP contribution in [0.25, 0.3) is 0 Å². The molecule has 5 nitrogen and oxygen atoms in total. The second-order valence-corrected chi connectivity index (χ2v) is 2.42. The molecule has 0 saturated heterocycles. The predicted octanol–water partition coefficient (Wildman–Crippen LogP) is 0.644. The van der Waals surface area contributed by atoms with E-state index in [9.17, 15) is 9.59 Å². The zero-order valence-corrected chi connectivity index (χ0v) is 9.03. The van der Waals surface area contributed by atoms with Crippen LogP contribution in [0.3, 0.4) is 0 Å². The van der Waals surface area contributed by atoms with Crippen LogP contribution in [0.5, 0.6) is 0 Å². The van der Waals surface area contributed by atoms with Crippen LogP contribution in [0.15, 0.2) is 0 Å². The van der Waals surface area contributed by atoms with Crippen LogP contribution >= 0.6 is 0 Å². The fourth-order valence-corrected chi connectivity index (χ4v) is 0.352. The van der Waals surface area contributed by atoms with Gasteiger partial charge in [-0.15, -0.1) is 0 Å². The third-order valence-electron chi connectivity index (χ3n) is 0.829. The first kappa shape index (κ1) is 18.5. The molecule has 0 aromatic rings. The smallest absolute Gasteiger partial charge is 0.300 e. The average molecular weight is 206 g/mol. The molecule has 0 unspecified atom stereocenters. The number of carboxylic acids is 1. The molecule has 14 heavy (non-hydrogen) atoms. The number of carbonyl (C=O) groups is 3. The normalized spacial score (nSPS) is 7.21. The van der Waals surface area contributed by atoms with Crippen molar-refractivity contribution in [2.75, 3.05) is 7.11 Å². The number of hydrogen-bond donors (Lipinski definition) is 2. The van der Waals surface area contributed by atoms with E-state index in [2.05, 4.69) is 0 Å². The second kappa shape index (κ2) is 14.3. The van der Waals surface area contributed by atoms with E-state index in [4.69, 9.17) is 15.0 Å². The van der Waals surface area contributed by atoms with Gasteiger partial charge in [0.25, 0.3) is 5.97 Å². The monoisotopic (exact) mass is 206 g/mol. The minimum absolute atomic E-state index is 0.0835. The lowest BCUT2D eigenvalue weighted by Gasteiger charge is -1.86. The topological polar surface area (TPSA) is 91.7 Å². The van der Waals surface area contributed by atoms with Crippen molar-refractivity contribution in [1.82, 2.24) is 0 Å². The van der Waals surface area contributed by atoms with Crippen LogP contribution in [0.2, 0.25) is 0 Å². The highest BCUT2D eigenvalue weighted by Crippen LogP contribution is 1.89. The number of aliphatic carboxylic acids is 1. The maximum Gasteiger partial charge on any atom is 0.300 e. The van der Waals surface area contributed by atoms with Gasteiger partial charge in [-0.1, -0.05) is 0 Å². The van der Waals surface area contributed by atoms with Crippen molar-refractivity contribution in [2.45, 2.75) is 33.6 Å². The van der Waals surface area contributed by atoms with Gasteiger partial charge in [-0.2, -0.15) is 0 Å². The molecular formula is C9H18O5. The van der Waals surface area contributed by atoms with Crippen LogP contribution in [0, 0.1) is 0 Å². The summed E-state index contributed by atoms with van der Waals surface area (Å²) in [5, 5.41) is 14.4. The number of carboxylic acid groups (broad SMARTS) is 1. The van der Waals surface area contributed by atoms with Gasteiger partial charge in [-0.25, -0.2) is 0 Å². The highest BCUT2D eigenvalue weighted by molar-refractivity contribution is 5.83. The molecule has 0 amide bonds. The number of aliphatic hydroxyl groups excluding tert-OH is 1. The predicted molar refractivity (Wildman–Crippen MR) is 52.0 cm³/mol. The lowest BCUT2D eigenvalue weighted by molar-refractivity contribution is -0.134. The number of rotatable bonds is 3. The molecule has 0 radical (unpaired) electrons. The molecule has 84 valence electrons. The van der Waals surface area contributed by atoms with Gasteiger partial charge < -0.3 is 19.8 Å². The zero-order valence-electron chi connectivity index (χ0n) is 9.03. The molecule has 0 atom stereocenters. The lowest BCUT2D eigenvalue weighted by Crippen LogP contribution is -1.95. The Bertz CT molecular complexity index is 156. The van der Waals surface area contributed by atoms with Crippen molar-refractivity contribution in [1.29, 1.82) is 0 Å². The van der Waals surface area contributed by atoms with Gasteiger partial charge in [0, 0.05) is 26.9 Å². The quantitative estimate of drug-likeness (QED) is 0.707. The molecule has 0 aliphatic heterocycles. The van der Waals surface area contributed by atoms with Gasteiger partial charge in [0.05, 0.1) is 0 Å². The Balaban J connectivity index is -0.000000170. The maximum absolute atomic E-state index is 10.2. The Morgan fingerprint density at radius 2 is 1.00 bits per heavy atom. The summed E-state index contributed by atoms with van der Waals surface area (Å²) in [5.41, 5.74) is 0. The van der Waals surface area contributed by atoms with E-state index in [0.29, 0.717) is 12.8 Å². The Morgan fingerprint density at radius 1 is 0.857 bits per heavy atom. The Kier molecular flexibility index (Phi) is 18.9. The first-order valence-corrected chi connectivity index (χ1v) is 3.99. The van der Waals surface area contributed by atoms with Gasteiger partial charge in [0.15, 0.2) is 0 Å². The molecule has 0 aromatic carbocycles. The third-order valence-corrected chi connectivity index (χ3v) is 0.829. The number of aliphatic hydroxyl groups is 1. The minimum Gasteiger partial charge on any atom is -0.481 e. The molecule has 0 saturated carbocycles. The van der Waals surface area contributed by atoms with E-state index in [1.165, 1.54) is 13.8 Å². The minimum atomic E-state index is -0.833. The van der Waals surface area contributed by atoms with Crippen molar-refractivity contribution >= 4 is 17.5 Å². The van der Waals surface area contributed by atoms with Gasteiger partial charge in [-0.3, -0.25) is 4.79 Å². The highest BCUT2D eigenvalue weighted by Gasteiger charge is 1.95. The lowest BCUT2D eigenvalue weighted by atomic mass is 10.2. The Labute approximate surface area is 83.7 Å². The van der Waals surface area contributed by atoms with Crippen LogP contribution in [-0.2, 0) is 14.4 Å². The van der Waals surface area contributed by atoms with Crippen molar-refractivity contribution in [3.8, 4) is 0 Å². The third kappa shape index (κ3) is 72.3. The van der Waals surface area contributed by atoms with Crippen molar-refractivity contribution < 1.29 is 24.6 Å². The van der Waals surface area contributed by atoms with Crippen LogP contribution in [-0.4, -0.2) is 34.9 Å². The molecule has 0 aliphatic rings. The van der Waals surface area contributed by atoms with Crippen LogP contribution in [0.4, 0.5) is 0 Å². The molecule has 0 heterocycles. The Morgan fingerprint density at radius 3 is 1.07 bits per heavy atom. The summed E-state index contributed by atoms with van der Waals surface area (Å²) in [7, 11) is 1.00. The molecule has 0 bridgehead atoms. The maximum atomic E-state index is 10.2. The van der Waals surface area contributed by atoms with Crippen molar-refractivity contribution in [3.63, 3.8) is 0 Å². The van der Waals surface area contributed by atoms with E-state index in [1.807, 2.05) is 0 Å². The largest absolute Gasteiger partial charge is 0.481 e. The highest BCUT2D eigenvalue weighted by atomic mass is 16.4. The number of hydrogen-bond acceptors (Lipinski definition) is 4. The summed E-state index contributed by atoms with van der Waals surface area (Å²) >= 11 is 0. The van der Waals surface area contributed by atoms with Crippen LogP contribution < -0.4 is 0 Å². The molecule has 0 fully saturated rings. The average Bonchev–Trinajstić information content (AvgIpc) is 2.03. The summed E-state index contributed by atoms with van der Waals surface area (Å²) in [4.78, 5) is 29.4. The first-order valence-electron chi connectivity index (χ1n) is 3.99.